The van der Waals surface area contributed by atoms with Crippen LogP contribution in [0.2, 0.25) is 0 Å². The molecule has 266 valence electrons. The smallest absolute Gasteiger partial charge is 0.117 e. The fourth-order valence-electron chi connectivity index (χ4n) is 6.93. The second-order valence-electron chi connectivity index (χ2n) is 13.6. The van der Waals surface area contributed by atoms with E-state index in [0.717, 1.165) is 54.4 Å². The number of unbranched alkanes of at least 4 members (excludes halogenated alkanes) is 1. The van der Waals surface area contributed by atoms with E-state index in [1.807, 2.05) is 54.6 Å². The fourth-order valence-corrected chi connectivity index (χ4v) is 6.93. The lowest BCUT2D eigenvalue weighted by Gasteiger charge is -2.46. The van der Waals surface area contributed by atoms with E-state index in [0.29, 0.717) is 19.8 Å². The Labute approximate surface area is 304 Å². The van der Waals surface area contributed by atoms with Crippen molar-refractivity contribution in [1.82, 2.24) is 0 Å². The molecule has 0 aliphatic carbocycles. The predicted molar refractivity (Wildman–Crippen MR) is 203 cm³/mol. The van der Waals surface area contributed by atoms with Gasteiger partial charge in [0, 0.05) is 6.61 Å². The molecule has 1 N–H and O–H groups in total. The molecule has 0 spiro atoms. The molecule has 5 aromatic carbocycles. The molecule has 5 atom stereocenters. The van der Waals surface area contributed by atoms with Crippen LogP contribution < -0.4 is 0 Å². The van der Waals surface area contributed by atoms with Gasteiger partial charge in [-0.15, -0.1) is 0 Å². The highest BCUT2D eigenvalue weighted by Gasteiger charge is 2.48. The number of benzene rings is 5. The molecule has 1 aliphatic heterocycles. The van der Waals surface area contributed by atoms with E-state index >= 15 is 0 Å². The summed E-state index contributed by atoms with van der Waals surface area (Å²) in [5, 5.41) is 9.16. The van der Waals surface area contributed by atoms with Crippen LogP contribution in [0, 0.1) is 6.92 Å². The number of ether oxygens (including phenoxy) is 4. The number of aryl methyl sites for hydroxylation is 2. The third-order valence-electron chi connectivity index (χ3n) is 9.88. The first-order valence-electron chi connectivity index (χ1n) is 18.5. The van der Waals surface area contributed by atoms with Gasteiger partial charge in [-0.25, -0.2) is 0 Å². The summed E-state index contributed by atoms with van der Waals surface area (Å²) in [6.45, 7) is 5.93. The van der Waals surface area contributed by atoms with Crippen LogP contribution in [-0.4, -0.2) is 36.1 Å². The minimum absolute atomic E-state index is 0.195. The van der Waals surface area contributed by atoms with Gasteiger partial charge in [0.15, 0.2) is 0 Å². The summed E-state index contributed by atoms with van der Waals surface area (Å²) in [7, 11) is 0. The number of hydrogen-bond acceptors (Lipinski definition) is 5. The van der Waals surface area contributed by atoms with Crippen molar-refractivity contribution >= 4 is 0 Å². The topological polar surface area (TPSA) is 57.2 Å². The van der Waals surface area contributed by atoms with Gasteiger partial charge in [-0.1, -0.05) is 140 Å². The molecule has 1 aliphatic rings. The third-order valence-corrected chi connectivity index (χ3v) is 9.88. The van der Waals surface area contributed by atoms with E-state index < -0.39 is 6.10 Å². The van der Waals surface area contributed by atoms with Gasteiger partial charge in [0.25, 0.3) is 0 Å². The Bertz CT molecular complexity index is 1730. The highest BCUT2D eigenvalue weighted by atomic mass is 16.6. The minimum atomic E-state index is -0.425. The van der Waals surface area contributed by atoms with E-state index in [1.54, 1.807) is 0 Å². The molecule has 5 aromatic rings. The van der Waals surface area contributed by atoms with Crippen LogP contribution >= 0.6 is 0 Å². The van der Waals surface area contributed by atoms with E-state index in [9.17, 15) is 0 Å². The van der Waals surface area contributed by atoms with Gasteiger partial charge in [0.05, 0.1) is 25.9 Å². The maximum atomic E-state index is 9.16. The molecular formula is C46H52O5. The van der Waals surface area contributed by atoms with Crippen molar-refractivity contribution in [1.29, 1.82) is 0 Å². The minimum Gasteiger partial charge on any atom is -0.396 e. The zero-order valence-corrected chi connectivity index (χ0v) is 30.0. The van der Waals surface area contributed by atoms with E-state index in [1.165, 1.54) is 22.3 Å². The number of aliphatic hydroxyl groups excluding tert-OH is 1. The van der Waals surface area contributed by atoms with Crippen LogP contribution in [0.15, 0.2) is 133 Å². The summed E-state index contributed by atoms with van der Waals surface area (Å²) in [5.74, 6) is 0. The standard InChI is InChI=1S/C46H52O5/c1-3-42-44(48-31-37-16-7-4-8-17-37)46(50-33-39-20-11-6-12-21-39)45(49-32-38-18-9-5-10-19-38)43(51-42)40-27-22-34(2)41(30-40)29-36-25-23-35(24-26-36)15-13-14-28-47/h4-12,16-27,30,42-47H,3,13-15,28-29,31-33H2,1-2H3/t42-,43+,44-,45+,46+/m1/s1. The van der Waals surface area contributed by atoms with Crippen LogP contribution in [-0.2, 0) is 51.6 Å². The summed E-state index contributed by atoms with van der Waals surface area (Å²) in [5.41, 5.74) is 9.49. The molecule has 0 radical (unpaired) electrons. The first kappa shape index (κ1) is 36.7. The zero-order valence-electron chi connectivity index (χ0n) is 30.0. The maximum Gasteiger partial charge on any atom is 0.117 e. The average molecular weight is 685 g/mol. The quantitative estimate of drug-likeness (QED) is 0.0990. The first-order valence-corrected chi connectivity index (χ1v) is 18.5. The van der Waals surface area contributed by atoms with Crippen molar-refractivity contribution in [2.75, 3.05) is 6.61 Å². The molecule has 5 nitrogen and oxygen atoms in total. The summed E-state index contributed by atoms with van der Waals surface area (Å²) < 4.78 is 27.6. The third kappa shape index (κ3) is 10.2. The monoisotopic (exact) mass is 684 g/mol. The Morgan fingerprint density at radius 1 is 0.569 bits per heavy atom. The van der Waals surface area contributed by atoms with Crippen molar-refractivity contribution in [2.24, 2.45) is 0 Å². The predicted octanol–water partition coefficient (Wildman–Crippen LogP) is 9.51. The molecule has 51 heavy (non-hydrogen) atoms. The van der Waals surface area contributed by atoms with Crippen LogP contribution in [0.1, 0.15) is 76.8 Å². The lowest BCUT2D eigenvalue weighted by molar-refractivity contribution is -0.267. The van der Waals surface area contributed by atoms with Gasteiger partial charge in [-0.2, -0.15) is 0 Å². The van der Waals surface area contributed by atoms with Crippen molar-refractivity contribution in [2.45, 2.75) is 96.3 Å². The molecule has 0 unspecified atom stereocenters. The Morgan fingerprint density at radius 3 is 1.65 bits per heavy atom. The van der Waals surface area contributed by atoms with Crippen molar-refractivity contribution in [3.63, 3.8) is 0 Å². The van der Waals surface area contributed by atoms with Crippen molar-refractivity contribution < 1.29 is 24.1 Å². The summed E-state index contributed by atoms with van der Waals surface area (Å²) in [6.07, 6.45) is 2.72. The Morgan fingerprint density at radius 2 is 1.10 bits per heavy atom. The fraction of sp³-hybridized carbons (Fsp3) is 0.348. The number of rotatable bonds is 17. The van der Waals surface area contributed by atoms with E-state index in [-0.39, 0.29) is 31.0 Å². The Kier molecular flexibility index (Phi) is 13.6. The molecular weight excluding hydrogens is 633 g/mol. The molecule has 1 heterocycles. The van der Waals surface area contributed by atoms with Gasteiger partial charge in [0.1, 0.15) is 24.4 Å². The first-order chi connectivity index (χ1) is 25.1. The van der Waals surface area contributed by atoms with Gasteiger partial charge in [-0.3, -0.25) is 0 Å². The lowest BCUT2D eigenvalue weighted by Crippen LogP contribution is -2.57. The number of aliphatic hydroxyl groups is 1. The van der Waals surface area contributed by atoms with E-state index in [4.69, 9.17) is 24.1 Å². The molecule has 0 bridgehead atoms. The van der Waals surface area contributed by atoms with Gasteiger partial charge in [0.2, 0.25) is 0 Å². The van der Waals surface area contributed by atoms with Crippen molar-refractivity contribution in [3.8, 4) is 0 Å². The van der Waals surface area contributed by atoms with Crippen LogP contribution in [0.3, 0.4) is 0 Å². The Balaban J connectivity index is 1.31. The van der Waals surface area contributed by atoms with Gasteiger partial charge in [-0.05, 0) is 83.5 Å². The highest BCUT2D eigenvalue weighted by Crippen LogP contribution is 2.40. The van der Waals surface area contributed by atoms with E-state index in [2.05, 4.69) is 92.7 Å². The summed E-state index contributed by atoms with van der Waals surface area (Å²) in [6, 6.07) is 46.6. The second kappa shape index (κ2) is 18.9. The van der Waals surface area contributed by atoms with Crippen LogP contribution in [0.25, 0.3) is 0 Å². The second-order valence-corrected chi connectivity index (χ2v) is 13.6. The SMILES string of the molecule is CC[C@H]1O[C@@H](c2ccc(C)c(Cc3ccc(CCCCO)cc3)c2)[C@H](OCc2ccccc2)[C@@H](OCc2ccccc2)[C@@H]1OCc1ccccc1. The van der Waals surface area contributed by atoms with Gasteiger partial charge < -0.3 is 24.1 Å². The Hall–Kier alpha value is -4.10. The van der Waals surface area contributed by atoms with Crippen LogP contribution in [0.4, 0.5) is 0 Å². The molecule has 6 rings (SSSR count). The molecule has 5 heteroatoms. The maximum absolute atomic E-state index is 9.16. The average Bonchev–Trinajstić information content (AvgIpc) is 3.18. The molecule has 0 aromatic heterocycles. The molecule has 1 saturated heterocycles. The summed E-state index contributed by atoms with van der Waals surface area (Å²) in [4.78, 5) is 0. The normalized spacial score (nSPS) is 20.3. The molecule has 0 saturated carbocycles. The van der Waals surface area contributed by atoms with Gasteiger partial charge >= 0.3 is 0 Å². The largest absolute Gasteiger partial charge is 0.396 e. The van der Waals surface area contributed by atoms with Crippen LogP contribution in [0.5, 0.6) is 0 Å². The molecule has 0 amide bonds. The zero-order chi connectivity index (χ0) is 35.3. The van der Waals surface area contributed by atoms with Crippen molar-refractivity contribution in [3.05, 3.63) is 178 Å². The number of hydrogen-bond donors (Lipinski definition) is 1. The summed E-state index contributed by atoms with van der Waals surface area (Å²) >= 11 is 0. The molecule has 1 fully saturated rings. The highest BCUT2D eigenvalue weighted by molar-refractivity contribution is 5.38. The lowest BCUT2D eigenvalue weighted by atomic mass is 9.87.